The van der Waals surface area contributed by atoms with Gasteiger partial charge in [-0.1, -0.05) is 12.1 Å². The Labute approximate surface area is 188 Å². The van der Waals surface area contributed by atoms with E-state index in [0.717, 1.165) is 72.8 Å². The monoisotopic (exact) mass is 422 g/mol. The van der Waals surface area contributed by atoms with Gasteiger partial charge in [0.15, 0.2) is 0 Å². The molecule has 5 heteroatoms. The topological polar surface area (TPSA) is 61.1 Å². The maximum atomic E-state index is 9.79. The number of nitrogens with zero attached hydrogens (tertiary/aromatic N) is 4. The number of benzene rings is 2. The minimum atomic E-state index is -0.151. The van der Waals surface area contributed by atoms with Crippen LogP contribution in [0.2, 0.25) is 0 Å². The van der Waals surface area contributed by atoms with Crippen molar-refractivity contribution in [2.75, 3.05) is 18.0 Å². The molecule has 0 spiro atoms. The van der Waals surface area contributed by atoms with Gasteiger partial charge in [0.2, 0.25) is 0 Å². The second-order valence-corrected chi connectivity index (χ2v) is 9.07. The van der Waals surface area contributed by atoms with Crippen molar-refractivity contribution >= 4 is 28.5 Å². The number of aliphatic hydroxyl groups is 1. The Morgan fingerprint density at radius 2 is 1.56 bits per heavy atom. The highest BCUT2D eigenvalue weighted by Crippen LogP contribution is 2.35. The lowest BCUT2D eigenvalue weighted by Gasteiger charge is -2.31. The Morgan fingerprint density at radius 3 is 2.34 bits per heavy atom. The van der Waals surface area contributed by atoms with Crippen LogP contribution in [0.5, 0.6) is 0 Å². The van der Waals surface area contributed by atoms with Gasteiger partial charge in [0.25, 0.3) is 0 Å². The number of aromatic nitrogens is 1. The third-order valence-electron chi connectivity index (χ3n) is 6.74. The summed E-state index contributed by atoms with van der Waals surface area (Å²) in [6.45, 7) is 3.88. The summed E-state index contributed by atoms with van der Waals surface area (Å²) in [5.74, 6) is 0. The van der Waals surface area contributed by atoms with E-state index in [1.165, 1.54) is 22.4 Å². The smallest absolute Gasteiger partial charge is 0.0848 e. The summed E-state index contributed by atoms with van der Waals surface area (Å²) >= 11 is 0. The van der Waals surface area contributed by atoms with Crippen molar-refractivity contribution in [3.63, 3.8) is 0 Å². The zero-order valence-electron chi connectivity index (χ0n) is 18.3. The molecule has 3 aromatic rings. The number of aliphatic hydroxyl groups excluding tert-OH is 1. The number of aryl methyl sites for hydroxylation is 1. The molecule has 1 N–H and O–H groups in total. The van der Waals surface area contributed by atoms with Crippen LogP contribution in [0.25, 0.3) is 0 Å². The fourth-order valence-electron chi connectivity index (χ4n) is 4.84. The van der Waals surface area contributed by atoms with E-state index >= 15 is 0 Å². The van der Waals surface area contributed by atoms with Crippen LogP contribution in [0.1, 0.15) is 40.8 Å². The van der Waals surface area contributed by atoms with E-state index in [9.17, 15) is 5.11 Å². The first-order valence-corrected chi connectivity index (χ1v) is 11.4. The molecule has 3 aliphatic rings. The Morgan fingerprint density at radius 1 is 0.844 bits per heavy atom. The quantitative estimate of drug-likeness (QED) is 0.665. The third kappa shape index (κ3) is 3.53. The summed E-state index contributed by atoms with van der Waals surface area (Å²) in [5, 5.41) is 9.79. The van der Waals surface area contributed by atoms with E-state index in [0.29, 0.717) is 0 Å². The number of piperidine rings is 1. The van der Waals surface area contributed by atoms with Crippen LogP contribution in [0.4, 0.5) is 17.1 Å². The van der Waals surface area contributed by atoms with Gasteiger partial charge in [-0.15, -0.1) is 0 Å². The van der Waals surface area contributed by atoms with E-state index in [1.54, 1.807) is 0 Å². The van der Waals surface area contributed by atoms with Crippen LogP contribution in [0.15, 0.2) is 64.7 Å². The molecule has 0 amide bonds. The van der Waals surface area contributed by atoms with E-state index in [1.807, 2.05) is 6.20 Å². The van der Waals surface area contributed by atoms with Crippen LogP contribution < -0.4 is 4.90 Å². The van der Waals surface area contributed by atoms with Crippen molar-refractivity contribution in [3.8, 4) is 0 Å². The second kappa shape index (κ2) is 7.68. The summed E-state index contributed by atoms with van der Waals surface area (Å²) in [6, 6.07) is 17.2. The van der Waals surface area contributed by atoms with Crippen molar-refractivity contribution in [1.29, 1.82) is 0 Å². The van der Waals surface area contributed by atoms with Crippen molar-refractivity contribution < 1.29 is 5.11 Å². The predicted octanol–water partition coefficient (Wildman–Crippen LogP) is 4.70. The van der Waals surface area contributed by atoms with Crippen LogP contribution in [-0.2, 0) is 12.8 Å². The van der Waals surface area contributed by atoms with Crippen LogP contribution >= 0.6 is 0 Å². The van der Waals surface area contributed by atoms with E-state index in [2.05, 4.69) is 65.3 Å². The first-order chi connectivity index (χ1) is 15.6. The van der Waals surface area contributed by atoms with E-state index < -0.39 is 0 Å². The molecule has 0 atom stereocenters. The summed E-state index contributed by atoms with van der Waals surface area (Å²) in [5.41, 5.74) is 11.3. The Kier molecular flexibility index (Phi) is 4.65. The first-order valence-electron chi connectivity index (χ1n) is 11.4. The minimum Gasteiger partial charge on any atom is -0.393 e. The van der Waals surface area contributed by atoms with Crippen molar-refractivity contribution in [3.05, 3.63) is 82.7 Å². The summed E-state index contributed by atoms with van der Waals surface area (Å²) in [6.07, 6.45) is 5.10. The number of fused-ring (bicyclic) bond motifs is 2. The van der Waals surface area contributed by atoms with Crippen molar-refractivity contribution in [2.24, 2.45) is 9.98 Å². The van der Waals surface area contributed by atoms with Gasteiger partial charge < -0.3 is 10.0 Å². The molecule has 3 aliphatic heterocycles. The van der Waals surface area contributed by atoms with E-state index in [4.69, 9.17) is 9.98 Å². The van der Waals surface area contributed by atoms with Gasteiger partial charge in [-0.2, -0.15) is 0 Å². The van der Waals surface area contributed by atoms with Crippen molar-refractivity contribution in [2.45, 2.75) is 38.7 Å². The number of anilines is 1. The molecule has 0 bridgehead atoms. The van der Waals surface area contributed by atoms with Crippen molar-refractivity contribution in [1.82, 2.24) is 4.98 Å². The maximum Gasteiger partial charge on any atom is 0.0848 e. The molecule has 1 aromatic heterocycles. The molecule has 1 fully saturated rings. The highest BCUT2D eigenvalue weighted by Gasteiger charge is 2.23. The predicted molar refractivity (Wildman–Crippen MR) is 129 cm³/mol. The Balaban J connectivity index is 1.20. The summed E-state index contributed by atoms with van der Waals surface area (Å²) < 4.78 is 0. The molecule has 32 heavy (non-hydrogen) atoms. The van der Waals surface area contributed by atoms with Gasteiger partial charge in [-0.25, -0.2) is 0 Å². The number of rotatable bonds is 3. The molecular formula is C27H26N4O. The molecule has 6 rings (SSSR count). The lowest BCUT2D eigenvalue weighted by atomic mass is 9.99. The lowest BCUT2D eigenvalue weighted by molar-refractivity contribution is 0.145. The number of hydrogen-bond donors (Lipinski definition) is 1. The minimum absolute atomic E-state index is 0.151. The van der Waals surface area contributed by atoms with Gasteiger partial charge in [-0.05, 0) is 78.4 Å². The molecule has 2 aromatic carbocycles. The zero-order valence-corrected chi connectivity index (χ0v) is 18.3. The molecule has 4 heterocycles. The van der Waals surface area contributed by atoms with Gasteiger partial charge in [0.05, 0.1) is 34.6 Å². The van der Waals surface area contributed by atoms with Crippen LogP contribution in [0, 0.1) is 6.92 Å². The summed E-state index contributed by atoms with van der Waals surface area (Å²) in [4.78, 5) is 16.7. The molecule has 160 valence electrons. The lowest BCUT2D eigenvalue weighted by Crippen LogP contribution is -2.35. The number of aliphatic imine (C=N–C) groups is 2. The molecule has 0 radical (unpaired) electrons. The van der Waals surface area contributed by atoms with E-state index in [-0.39, 0.29) is 6.10 Å². The molecule has 0 saturated carbocycles. The SMILES string of the molecule is Cc1ccc(C2=Nc3ccc(C4=Nc5ccc(N6CCC(O)CC6)cc5C4)cc3C2)nc1. The average Bonchev–Trinajstić information content (AvgIpc) is 3.43. The normalized spacial score (nSPS) is 17.8. The van der Waals surface area contributed by atoms with Crippen LogP contribution in [0.3, 0.4) is 0 Å². The second-order valence-electron chi connectivity index (χ2n) is 9.07. The fraction of sp³-hybridized carbons (Fsp3) is 0.296. The zero-order chi connectivity index (χ0) is 21.7. The van der Waals surface area contributed by atoms with Gasteiger partial charge in [-0.3, -0.25) is 15.0 Å². The Bertz CT molecular complexity index is 1250. The number of hydrogen-bond acceptors (Lipinski definition) is 5. The highest BCUT2D eigenvalue weighted by atomic mass is 16.3. The first kappa shape index (κ1) is 19.4. The van der Waals surface area contributed by atoms with Crippen LogP contribution in [-0.4, -0.2) is 40.7 Å². The van der Waals surface area contributed by atoms with Gasteiger partial charge in [0, 0.05) is 37.8 Å². The third-order valence-corrected chi connectivity index (χ3v) is 6.74. The molecule has 0 aliphatic carbocycles. The molecule has 1 saturated heterocycles. The highest BCUT2D eigenvalue weighted by molar-refractivity contribution is 6.09. The summed E-state index contributed by atoms with van der Waals surface area (Å²) in [7, 11) is 0. The standard InChI is InChI=1S/C27H26N4O/c1-17-2-5-25(28-16-17)27-15-19-12-18(3-6-23(19)30-27)26-14-20-13-21(4-7-24(20)29-26)31-10-8-22(32)9-11-31/h2-7,12-13,16,22,32H,8-11,14-15H2,1H3. The largest absolute Gasteiger partial charge is 0.393 e. The van der Waals surface area contributed by atoms with Gasteiger partial charge >= 0.3 is 0 Å². The Hall–Kier alpha value is -3.31. The fourth-order valence-corrected chi connectivity index (χ4v) is 4.84. The number of pyridine rings is 1. The molecular weight excluding hydrogens is 396 g/mol. The molecule has 5 nitrogen and oxygen atoms in total. The average molecular weight is 423 g/mol. The molecule has 0 unspecified atom stereocenters. The maximum absolute atomic E-state index is 9.79. The van der Waals surface area contributed by atoms with Gasteiger partial charge in [0.1, 0.15) is 0 Å².